The lowest BCUT2D eigenvalue weighted by Gasteiger charge is -2.53. The molecule has 3 heteroatoms. The van der Waals surface area contributed by atoms with E-state index in [1.165, 1.54) is 7.11 Å². The van der Waals surface area contributed by atoms with Crippen molar-refractivity contribution in [3.8, 4) is 0 Å². The monoisotopic (exact) mass is 294 g/mol. The summed E-state index contributed by atoms with van der Waals surface area (Å²) < 4.78 is 5.01. The maximum atomic E-state index is 12.4. The highest BCUT2D eigenvalue weighted by atomic mass is 16.5. The first kappa shape index (κ1) is 13.5. The summed E-state index contributed by atoms with van der Waals surface area (Å²) in [5.41, 5.74) is 2.61. The van der Waals surface area contributed by atoms with E-state index in [4.69, 9.17) is 4.74 Å². The Hall–Kier alpha value is -2.13. The average molecular weight is 294 g/mol. The number of carbonyl (C=O) groups is 1. The number of fused-ring (bicyclic) bond motifs is 1. The summed E-state index contributed by atoms with van der Waals surface area (Å²) >= 11 is 0. The summed E-state index contributed by atoms with van der Waals surface area (Å²) in [7, 11) is 1.39. The molecule has 0 fully saturated rings. The maximum absolute atomic E-state index is 12.4. The standard InChI is InChI=1S/C19H18O3/c1-11-16-12-7-3-5-9-14(12)19(21,17(11)18(20)22-2)15-10-6-4-8-13(15)16/h3-11,16-17,21H,1-2H3/t11-,16?,17+,19?/m0/s1. The Morgan fingerprint density at radius 2 is 1.55 bits per heavy atom. The molecule has 5 rings (SSSR count). The van der Waals surface area contributed by atoms with E-state index in [9.17, 15) is 9.90 Å². The highest BCUT2D eigenvalue weighted by Gasteiger charge is 2.59. The quantitative estimate of drug-likeness (QED) is 0.823. The molecule has 3 aliphatic rings. The van der Waals surface area contributed by atoms with Gasteiger partial charge in [-0.2, -0.15) is 0 Å². The van der Waals surface area contributed by atoms with Gasteiger partial charge < -0.3 is 9.84 Å². The van der Waals surface area contributed by atoms with Crippen LogP contribution in [0.5, 0.6) is 0 Å². The molecule has 3 aliphatic carbocycles. The molecule has 0 amide bonds. The van der Waals surface area contributed by atoms with Gasteiger partial charge in [-0.3, -0.25) is 4.79 Å². The number of methoxy groups -OCH3 is 1. The summed E-state index contributed by atoms with van der Waals surface area (Å²) in [4.78, 5) is 12.4. The second-order valence-corrected chi connectivity index (χ2v) is 6.28. The minimum atomic E-state index is -1.31. The molecule has 2 aromatic carbocycles. The second kappa shape index (κ2) is 4.43. The molecule has 0 saturated heterocycles. The third-order valence-electron chi connectivity index (χ3n) is 5.37. The lowest BCUT2D eigenvalue weighted by Crippen LogP contribution is -2.54. The van der Waals surface area contributed by atoms with E-state index in [1.807, 2.05) is 43.3 Å². The van der Waals surface area contributed by atoms with Gasteiger partial charge in [0.1, 0.15) is 5.60 Å². The second-order valence-electron chi connectivity index (χ2n) is 6.28. The van der Waals surface area contributed by atoms with Crippen molar-refractivity contribution in [1.29, 1.82) is 0 Å². The predicted molar refractivity (Wildman–Crippen MR) is 82.4 cm³/mol. The third-order valence-corrected chi connectivity index (χ3v) is 5.37. The predicted octanol–water partition coefficient (Wildman–Crippen LogP) is 2.81. The van der Waals surface area contributed by atoms with Gasteiger partial charge >= 0.3 is 5.97 Å². The van der Waals surface area contributed by atoms with Crippen LogP contribution in [-0.4, -0.2) is 18.2 Å². The topological polar surface area (TPSA) is 46.5 Å². The highest BCUT2D eigenvalue weighted by Crippen LogP contribution is 2.60. The van der Waals surface area contributed by atoms with Crippen molar-refractivity contribution in [2.24, 2.45) is 11.8 Å². The third kappa shape index (κ3) is 1.42. The van der Waals surface area contributed by atoms with Crippen molar-refractivity contribution in [1.82, 2.24) is 0 Å². The molecule has 112 valence electrons. The van der Waals surface area contributed by atoms with Crippen LogP contribution in [0.1, 0.15) is 35.1 Å². The van der Waals surface area contributed by atoms with Gasteiger partial charge in [0.15, 0.2) is 0 Å². The van der Waals surface area contributed by atoms with Gasteiger partial charge in [0.25, 0.3) is 0 Å². The van der Waals surface area contributed by atoms with Gasteiger partial charge in [-0.15, -0.1) is 0 Å². The van der Waals surface area contributed by atoms with E-state index >= 15 is 0 Å². The summed E-state index contributed by atoms with van der Waals surface area (Å²) in [6.07, 6.45) is 0. The molecule has 0 radical (unpaired) electrons. The molecule has 0 heterocycles. The van der Waals surface area contributed by atoms with E-state index in [-0.39, 0.29) is 17.8 Å². The van der Waals surface area contributed by atoms with Gasteiger partial charge in [-0.05, 0) is 28.2 Å². The van der Waals surface area contributed by atoms with Crippen LogP contribution in [0.3, 0.4) is 0 Å². The molecule has 2 aromatic rings. The first-order valence-electron chi connectivity index (χ1n) is 7.59. The van der Waals surface area contributed by atoms with Crippen molar-refractivity contribution in [2.75, 3.05) is 7.11 Å². The van der Waals surface area contributed by atoms with Crippen molar-refractivity contribution >= 4 is 5.97 Å². The molecular formula is C19H18O3. The summed E-state index contributed by atoms with van der Waals surface area (Å²) in [5.74, 6) is -0.816. The SMILES string of the molecule is COC(=O)[C@H]1[C@@H](C)C2c3ccccc3C1(O)c1ccccc12. The van der Waals surface area contributed by atoms with Crippen LogP contribution in [0, 0.1) is 11.8 Å². The first-order valence-corrected chi connectivity index (χ1v) is 7.59. The number of ether oxygens (including phenoxy) is 1. The van der Waals surface area contributed by atoms with Crippen LogP contribution < -0.4 is 0 Å². The summed E-state index contributed by atoms with van der Waals surface area (Å²) in [6, 6.07) is 15.8. The van der Waals surface area contributed by atoms with Crippen LogP contribution in [0.4, 0.5) is 0 Å². The van der Waals surface area contributed by atoms with Crippen molar-refractivity contribution in [2.45, 2.75) is 18.4 Å². The van der Waals surface area contributed by atoms with Crippen LogP contribution in [-0.2, 0) is 15.1 Å². The highest BCUT2D eigenvalue weighted by molar-refractivity contribution is 5.79. The molecule has 1 N–H and O–H groups in total. The molecule has 0 aliphatic heterocycles. The molecule has 0 aromatic heterocycles. The van der Waals surface area contributed by atoms with Crippen molar-refractivity contribution in [3.63, 3.8) is 0 Å². The lowest BCUT2D eigenvalue weighted by molar-refractivity contribution is -0.160. The molecular weight excluding hydrogens is 276 g/mol. The fraction of sp³-hybridized carbons (Fsp3) is 0.316. The van der Waals surface area contributed by atoms with Crippen LogP contribution in [0.25, 0.3) is 0 Å². The summed E-state index contributed by atoms with van der Waals surface area (Å²) in [5, 5.41) is 11.7. The van der Waals surface area contributed by atoms with Crippen LogP contribution in [0.2, 0.25) is 0 Å². The molecule has 2 bridgehead atoms. The van der Waals surface area contributed by atoms with Crippen molar-refractivity contribution < 1.29 is 14.6 Å². The number of benzene rings is 2. The zero-order valence-corrected chi connectivity index (χ0v) is 12.6. The van der Waals surface area contributed by atoms with E-state index in [0.717, 1.165) is 22.3 Å². The average Bonchev–Trinajstić information content (AvgIpc) is 2.55. The number of rotatable bonds is 1. The van der Waals surface area contributed by atoms with Crippen molar-refractivity contribution in [3.05, 3.63) is 70.8 Å². The summed E-state index contributed by atoms with van der Waals surface area (Å²) in [6.45, 7) is 2.03. The Kier molecular flexibility index (Phi) is 2.73. The minimum Gasteiger partial charge on any atom is -0.469 e. The van der Waals surface area contributed by atoms with Crippen LogP contribution in [0.15, 0.2) is 48.5 Å². The molecule has 2 atom stereocenters. The molecule has 3 nitrogen and oxygen atoms in total. The number of aliphatic hydroxyl groups is 1. The normalized spacial score (nSPS) is 31.3. The number of carbonyl (C=O) groups excluding carboxylic acids is 1. The zero-order valence-electron chi connectivity index (χ0n) is 12.6. The van der Waals surface area contributed by atoms with Crippen LogP contribution >= 0.6 is 0 Å². The van der Waals surface area contributed by atoms with E-state index in [0.29, 0.717) is 0 Å². The maximum Gasteiger partial charge on any atom is 0.312 e. The number of esters is 1. The smallest absolute Gasteiger partial charge is 0.312 e. The van der Waals surface area contributed by atoms with E-state index < -0.39 is 11.5 Å². The fourth-order valence-corrected chi connectivity index (χ4v) is 4.53. The molecule has 0 unspecified atom stereocenters. The zero-order chi connectivity index (χ0) is 15.5. The first-order chi connectivity index (χ1) is 10.6. The van der Waals surface area contributed by atoms with Gasteiger partial charge in [0, 0.05) is 5.92 Å². The molecule has 0 saturated carbocycles. The Balaban J connectivity index is 2.08. The lowest BCUT2D eigenvalue weighted by atomic mass is 9.52. The Morgan fingerprint density at radius 3 is 2.05 bits per heavy atom. The van der Waals surface area contributed by atoms with E-state index in [1.54, 1.807) is 0 Å². The molecule has 22 heavy (non-hydrogen) atoms. The minimum absolute atomic E-state index is 0.0118. The Labute approximate surface area is 129 Å². The fourth-order valence-electron chi connectivity index (χ4n) is 4.53. The van der Waals surface area contributed by atoms with Gasteiger partial charge in [-0.25, -0.2) is 0 Å². The van der Waals surface area contributed by atoms with Gasteiger partial charge in [-0.1, -0.05) is 55.5 Å². The number of hydrogen-bond donors (Lipinski definition) is 1. The largest absolute Gasteiger partial charge is 0.469 e. The number of hydrogen-bond acceptors (Lipinski definition) is 3. The van der Waals surface area contributed by atoms with Gasteiger partial charge in [0.05, 0.1) is 13.0 Å². The van der Waals surface area contributed by atoms with Gasteiger partial charge in [0.2, 0.25) is 0 Å². The van der Waals surface area contributed by atoms with E-state index in [2.05, 4.69) is 12.1 Å². The Bertz CT molecular complexity index is 717. The Morgan fingerprint density at radius 1 is 1.05 bits per heavy atom. The molecule has 0 spiro atoms.